The van der Waals surface area contributed by atoms with Crippen LogP contribution in [0.2, 0.25) is 0 Å². The van der Waals surface area contributed by atoms with Crippen molar-refractivity contribution in [1.29, 1.82) is 0 Å². The third kappa shape index (κ3) is 5.97. The molecule has 25 heavy (non-hydrogen) atoms. The lowest BCUT2D eigenvalue weighted by Crippen LogP contribution is -2.21. The van der Waals surface area contributed by atoms with E-state index in [0.29, 0.717) is 29.7 Å². The summed E-state index contributed by atoms with van der Waals surface area (Å²) in [4.78, 5) is 24.1. The Kier molecular flexibility index (Phi) is 6.77. The molecule has 0 aromatic carbocycles. The predicted octanol–water partition coefficient (Wildman–Crippen LogP) is 2.00. The average Bonchev–Trinajstić information content (AvgIpc) is 2.96. The quantitative estimate of drug-likeness (QED) is 0.732. The minimum atomic E-state index is -5.08. The van der Waals surface area contributed by atoms with E-state index in [1.807, 2.05) is 0 Å². The summed E-state index contributed by atoms with van der Waals surface area (Å²) >= 11 is 0. The van der Waals surface area contributed by atoms with E-state index in [0.717, 1.165) is 6.42 Å². The number of nitrogens with two attached hydrogens (primary N) is 1. The zero-order valence-electron chi connectivity index (χ0n) is 13.7. The molecule has 2 heterocycles. The van der Waals surface area contributed by atoms with Crippen LogP contribution in [0.15, 0.2) is 0 Å². The molecule has 0 bridgehead atoms. The lowest BCUT2D eigenvalue weighted by Gasteiger charge is -2.09. The Morgan fingerprint density at radius 1 is 1.36 bits per heavy atom. The van der Waals surface area contributed by atoms with Crippen molar-refractivity contribution in [1.82, 2.24) is 19.9 Å². The number of nitrogens with one attached hydrogen (secondary N) is 1. The van der Waals surface area contributed by atoms with Crippen LogP contribution in [0.1, 0.15) is 20.3 Å². The van der Waals surface area contributed by atoms with Crippen molar-refractivity contribution >= 4 is 23.0 Å². The van der Waals surface area contributed by atoms with Gasteiger partial charge in [-0.3, -0.25) is 4.98 Å². The molecule has 0 saturated heterocycles. The third-order valence-electron chi connectivity index (χ3n) is 2.96. The first-order chi connectivity index (χ1) is 11.6. The van der Waals surface area contributed by atoms with Gasteiger partial charge in [0.1, 0.15) is 0 Å². The molecule has 0 aliphatic heterocycles. The minimum Gasteiger partial charge on any atom is -0.475 e. The molecule has 0 radical (unpaired) electrons. The molecule has 2 aromatic heterocycles. The number of H-pyrrole nitrogens is 1. The molecular weight excluding hydrogens is 347 g/mol. The molecule has 2 rings (SSSR count). The fraction of sp³-hybridized carbons (Fsp3) is 0.538. The lowest BCUT2D eigenvalue weighted by molar-refractivity contribution is -0.192. The first kappa shape index (κ1) is 20.3. The van der Waals surface area contributed by atoms with Crippen molar-refractivity contribution in [3.8, 4) is 12.0 Å². The fourth-order valence-corrected chi connectivity index (χ4v) is 1.37. The minimum absolute atomic E-state index is 0.256. The van der Waals surface area contributed by atoms with Gasteiger partial charge in [0.05, 0.1) is 13.7 Å². The van der Waals surface area contributed by atoms with Crippen LogP contribution in [0.5, 0.6) is 12.0 Å². The van der Waals surface area contributed by atoms with Gasteiger partial charge in [0.15, 0.2) is 17.0 Å². The number of nitrogen functional groups attached to an aromatic ring is 1. The number of halogens is 3. The summed E-state index contributed by atoms with van der Waals surface area (Å²) in [6, 6.07) is 0.608. The van der Waals surface area contributed by atoms with Gasteiger partial charge in [-0.1, -0.05) is 20.3 Å². The summed E-state index contributed by atoms with van der Waals surface area (Å²) in [6.45, 7) is 4.76. The molecular formula is C13H18F3N5O4. The van der Waals surface area contributed by atoms with E-state index in [1.54, 1.807) is 0 Å². The maximum Gasteiger partial charge on any atom is 0.490 e. The number of nitrogens with zero attached hydrogens (tertiary/aromatic N) is 3. The number of aromatic nitrogens is 4. The number of aromatic amines is 1. The highest BCUT2D eigenvalue weighted by Crippen LogP contribution is 2.21. The van der Waals surface area contributed by atoms with Crippen molar-refractivity contribution in [2.75, 3.05) is 19.5 Å². The number of anilines is 1. The van der Waals surface area contributed by atoms with E-state index in [2.05, 4.69) is 33.8 Å². The van der Waals surface area contributed by atoms with Crippen molar-refractivity contribution in [2.24, 2.45) is 5.92 Å². The van der Waals surface area contributed by atoms with E-state index in [1.165, 1.54) is 7.11 Å². The Bertz CT molecular complexity index is 719. The van der Waals surface area contributed by atoms with Crippen LogP contribution in [0.25, 0.3) is 11.2 Å². The number of rotatable bonds is 5. The standard InChI is InChI=1S/C11H17N5O2.C2HF3O2/c1-4-6(2)5-18-11-14-8(12)7-9(16-11)15-10(13-7)17-3;3-2(4,5)1(6)7/h6H,4-5H2,1-3H3,(H3,12,13,14,15,16);(H,6,7). The van der Waals surface area contributed by atoms with Crippen LogP contribution < -0.4 is 15.2 Å². The third-order valence-corrected chi connectivity index (χ3v) is 2.96. The SMILES string of the molecule is CCC(C)COc1nc(N)c2nc(OC)[nH]c2n1.O=C(O)C(F)(F)F. The summed E-state index contributed by atoms with van der Waals surface area (Å²) in [5.41, 5.74) is 6.80. The molecule has 0 amide bonds. The monoisotopic (exact) mass is 365 g/mol. The smallest absolute Gasteiger partial charge is 0.475 e. The second kappa shape index (κ2) is 8.35. The Labute approximate surface area is 140 Å². The zero-order chi connectivity index (χ0) is 19.2. The number of carboxylic acid groups (broad SMARTS) is 1. The molecule has 9 nitrogen and oxygen atoms in total. The zero-order valence-corrected chi connectivity index (χ0v) is 13.7. The number of carboxylic acids is 1. The van der Waals surface area contributed by atoms with Gasteiger partial charge in [-0.15, -0.1) is 0 Å². The van der Waals surface area contributed by atoms with E-state index in [9.17, 15) is 13.2 Å². The second-order valence-corrected chi connectivity index (χ2v) is 4.96. The molecule has 0 aliphatic carbocycles. The average molecular weight is 365 g/mol. The van der Waals surface area contributed by atoms with Crippen LogP contribution in [-0.4, -0.2) is 50.9 Å². The van der Waals surface area contributed by atoms with E-state index < -0.39 is 12.1 Å². The van der Waals surface area contributed by atoms with Gasteiger partial charge in [0, 0.05) is 0 Å². The maximum atomic E-state index is 10.6. The van der Waals surface area contributed by atoms with Gasteiger partial charge in [0.25, 0.3) is 6.01 Å². The Hall–Kier alpha value is -2.79. The Morgan fingerprint density at radius 3 is 2.44 bits per heavy atom. The van der Waals surface area contributed by atoms with Gasteiger partial charge in [-0.05, 0) is 5.92 Å². The molecule has 0 fully saturated rings. The lowest BCUT2D eigenvalue weighted by atomic mass is 10.1. The van der Waals surface area contributed by atoms with Crippen molar-refractivity contribution < 1.29 is 32.5 Å². The van der Waals surface area contributed by atoms with Crippen molar-refractivity contribution in [3.05, 3.63) is 0 Å². The van der Waals surface area contributed by atoms with Crippen LogP contribution in [0.3, 0.4) is 0 Å². The molecule has 1 atom stereocenters. The van der Waals surface area contributed by atoms with Gasteiger partial charge in [-0.25, -0.2) is 4.79 Å². The number of imidazole rings is 1. The number of hydrogen-bond acceptors (Lipinski definition) is 7. The molecule has 140 valence electrons. The highest BCUT2D eigenvalue weighted by molar-refractivity contribution is 5.82. The van der Waals surface area contributed by atoms with E-state index in [-0.39, 0.29) is 11.8 Å². The molecule has 12 heteroatoms. The fourth-order valence-electron chi connectivity index (χ4n) is 1.37. The van der Waals surface area contributed by atoms with Crippen LogP contribution in [0, 0.1) is 5.92 Å². The molecule has 1 unspecified atom stereocenters. The number of methoxy groups -OCH3 is 1. The van der Waals surface area contributed by atoms with Crippen LogP contribution >= 0.6 is 0 Å². The summed E-state index contributed by atoms with van der Waals surface area (Å²) in [5.74, 6) is -2.03. The molecule has 0 spiro atoms. The highest BCUT2D eigenvalue weighted by Gasteiger charge is 2.38. The van der Waals surface area contributed by atoms with Crippen LogP contribution in [0.4, 0.5) is 19.0 Å². The Balaban J connectivity index is 0.000000381. The van der Waals surface area contributed by atoms with Gasteiger partial charge in [-0.2, -0.15) is 28.1 Å². The number of fused-ring (bicyclic) bond motifs is 1. The summed E-state index contributed by atoms with van der Waals surface area (Å²) in [5, 5.41) is 7.12. The highest BCUT2D eigenvalue weighted by atomic mass is 19.4. The van der Waals surface area contributed by atoms with E-state index in [4.69, 9.17) is 25.1 Å². The molecule has 2 aromatic rings. The summed E-state index contributed by atoms with van der Waals surface area (Å²) in [7, 11) is 1.52. The van der Waals surface area contributed by atoms with Crippen LogP contribution in [-0.2, 0) is 4.79 Å². The van der Waals surface area contributed by atoms with Gasteiger partial charge < -0.3 is 20.3 Å². The van der Waals surface area contributed by atoms with Crippen molar-refractivity contribution in [2.45, 2.75) is 26.4 Å². The van der Waals surface area contributed by atoms with Gasteiger partial charge >= 0.3 is 18.2 Å². The predicted molar refractivity (Wildman–Crippen MR) is 81.3 cm³/mol. The van der Waals surface area contributed by atoms with E-state index >= 15 is 0 Å². The number of alkyl halides is 3. The largest absolute Gasteiger partial charge is 0.490 e. The first-order valence-electron chi connectivity index (χ1n) is 7.08. The normalized spacial score (nSPS) is 12.2. The molecule has 0 aliphatic rings. The topological polar surface area (TPSA) is 136 Å². The molecule has 4 N–H and O–H groups in total. The van der Waals surface area contributed by atoms with Crippen molar-refractivity contribution in [3.63, 3.8) is 0 Å². The summed E-state index contributed by atoms with van der Waals surface area (Å²) < 4.78 is 42.2. The number of aliphatic carboxylic acids is 1. The van der Waals surface area contributed by atoms with Gasteiger partial charge in [0.2, 0.25) is 0 Å². The second-order valence-electron chi connectivity index (χ2n) is 4.96. The first-order valence-corrected chi connectivity index (χ1v) is 7.08. The maximum absolute atomic E-state index is 10.6. The Morgan fingerprint density at radius 2 is 1.96 bits per heavy atom. The number of ether oxygens (including phenoxy) is 2. The number of carbonyl (C=O) groups is 1. The summed E-state index contributed by atoms with van der Waals surface area (Å²) in [6.07, 6.45) is -4.05. The number of hydrogen-bond donors (Lipinski definition) is 3. The molecule has 0 saturated carbocycles.